The number of fused-ring (bicyclic) bond motifs is 6. The summed E-state index contributed by atoms with van der Waals surface area (Å²) in [7, 11) is 0. The molecule has 0 bridgehead atoms. The Bertz CT molecular complexity index is 2400. The lowest BCUT2D eigenvalue weighted by molar-refractivity contribution is 1.15. The average molecular weight is 539 g/mol. The van der Waals surface area contributed by atoms with Gasteiger partial charge in [0.15, 0.2) is 0 Å². The van der Waals surface area contributed by atoms with Gasteiger partial charge in [-0.3, -0.25) is 4.98 Å². The number of hydrogen-bond donors (Lipinski definition) is 0. The number of para-hydroxylation sites is 2. The number of nitrogens with zero attached hydrogens (tertiary/aromatic N) is 4. The lowest BCUT2D eigenvalue weighted by Crippen LogP contribution is -2.01. The van der Waals surface area contributed by atoms with Gasteiger partial charge in [-0.2, -0.15) is 5.26 Å². The van der Waals surface area contributed by atoms with Gasteiger partial charge in [0.1, 0.15) is 0 Å². The molecule has 0 unspecified atom stereocenters. The van der Waals surface area contributed by atoms with E-state index in [1.54, 1.807) is 0 Å². The molecule has 0 atom stereocenters. The molecular weight excluding hydrogens is 512 g/mol. The fraction of sp³-hybridized carbons (Fsp3) is 0.0526. The van der Waals surface area contributed by atoms with Crippen molar-refractivity contribution in [3.05, 3.63) is 138 Å². The van der Waals surface area contributed by atoms with Crippen molar-refractivity contribution in [2.75, 3.05) is 0 Å². The van der Waals surface area contributed by atoms with Crippen LogP contribution in [0.15, 0.2) is 122 Å². The van der Waals surface area contributed by atoms with Crippen molar-refractivity contribution in [3.63, 3.8) is 0 Å². The molecule has 5 aromatic carbocycles. The molecule has 0 aliphatic carbocycles. The number of aryl methyl sites for hydroxylation is 2. The summed E-state index contributed by atoms with van der Waals surface area (Å²) in [5, 5.41) is 15.1. The topological polar surface area (TPSA) is 46.5 Å². The second kappa shape index (κ2) is 9.19. The van der Waals surface area contributed by atoms with E-state index in [-0.39, 0.29) is 0 Å². The van der Waals surface area contributed by atoms with E-state index in [0.717, 1.165) is 44.6 Å². The number of nitriles is 1. The van der Waals surface area contributed by atoms with Crippen LogP contribution in [-0.4, -0.2) is 14.1 Å². The minimum Gasteiger partial charge on any atom is -0.309 e. The number of rotatable bonds is 3. The molecule has 8 aromatic rings. The van der Waals surface area contributed by atoms with Gasteiger partial charge < -0.3 is 9.13 Å². The van der Waals surface area contributed by atoms with Crippen molar-refractivity contribution in [2.24, 2.45) is 0 Å². The molecule has 4 nitrogen and oxygen atoms in total. The molecule has 0 saturated carbocycles. The first-order chi connectivity index (χ1) is 20.6. The van der Waals surface area contributed by atoms with Crippen LogP contribution in [0.4, 0.5) is 0 Å². The first kappa shape index (κ1) is 24.2. The zero-order valence-corrected chi connectivity index (χ0v) is 23.3. The van der Waals surface area contributed by atoms with E-state index in [4.69, 9.17) is 0 Å². The monoisotopic (exact) mass is 538 g/mol. The fourth-order valence-electron chi connectivity index (χ4n) is 6.49. The van der Waals surface area contributed by atoms with Crippen molar-refractivity contribution >= 4 is 43.6 Å². The molecule has 42 heavy (non-hydrogen) atoms. The molecule has 0 N–H and O–H groups in total. The van der Waals surface area contributed by atoms with E-state index < -0.39 is 0 Å². The number of aromatic nitrogens is 3. The third-order valence-electron chi connectivity index (χ3n) is 8.37. The standard InChI is InChI=1S/C38H26N4/c1-24-11-15-36-31(19-24)28-7-3-5-9-34(28)41(36)27-14-13-26(22-39)30(21-27)33-23-40-18-17-38(33)42-35-10-6-4-8-29(35)32-20-25(2)12-16-37(32)42/h3-21,23H,1-2H3. The van der Waals surface area contributed by atoms with Gasteiger partial charge in [0, 0.05) is 50.8 Å². The normalized spacial score (nSPS) is 11.5. The Morgan fingerprint density at radius 2 is 1.17 bits per heavy atom. The van der Waals surface area contributed by atoms with Gasteiger partial charge in [0.2, 0.25) is 0 Å². The first-order valence-electron chi connectivity index (χ1n) is 14.1. The first-order valence-corrected chi connectivity index (χ1v) is 14.1. The van der Waals surface area contributed by atoms with Gasteiger partial charge in [-0.25, -0.2) is 0 Å². The predicted molar refractivity (Wildman–Crippen MR) is 173 cm³/mol. The van der Waals surface area contributed by atoms with E-state index in [9.17, 15) is 5.26 Å². The minimum absolute atomic E-state index is 0.612. The summed E-state index contributed by atoms with van der Waals surface area (Å²) in [5.41, 5.74) is 11.4. The second-order valence-corrected chi connectivity index (χ2v) is 11.0. The second-order valence-electron chi connectivity index (χ2n) is 11.0. The van der Waals surface area contributed by atoms with Crippen molar-refractivity contribution in [2.45, 2.75) is 13.8 Å². The highest BCUT2D eigenvalue weighted by Gasteiger charge is 2.19. The Labute approximate surface area is 243 Å². The van der Waals surface area contributed by atoms with Gasteiger partial charge in [-0.15, -0.1) is 0 Å². The number of pyridine rings is 1. The Balaban J connectivity index is 1.43. The summed E-state index contributed by atoms with van der Waals surface area (Å²) < 4.78 is 4.60. The van der Waals surface area contributed by atoms with E-state index in [1.165, 1.54) is 32.7 Å². The van der Waals surface area contributed by atoms with Crippen molar-refractivity contribution in [1.82, 2.24) is 14.1 Å². The molecule has 8 rings (SSSR count). The molecule has 3 heterocycles. The molecule has 0 aliphatic rings. The van der Waals surface area contributed by atoms with Crippen LogP contribution in [0.3, 0.4) is 0 Å². The summed E-state index contributed by atoms with van der Waals surface area (Å²) in [6.45, 7) is 4.26. The molecule has 0 spiro atoms. The molecule has 4 heteroatoms. The third kappa shape index (κ3) is 3.51. The molecule has 0 fully saturated rings. The average Bonchev–Trinajstić information content (AvgIpc) is 3.53. The van der Waals surface area contributed by atoms with Crippen LogP contribution in [-0.2, 0) is 0 Å². The number of hydrogen-bond acceptors (Lipinski definition) is 2. The van der Waals surface area contributed by atoms with E-state index in [1.807, 2.05) is 24.5 Å². The summed E-state index contributed by atoms with van der Waals surface area (Å²) in [6.07, 6.45) is 3.72. The lowest BCUT2D eigenvalue weighted by atomic mass is 9.99. The Kier molecular flexibility index (Phi) is 5.29. The third-order valence-corrected chi connectivity index (χ3v) is 8.37. The Morgan fingerprint density at radius 3 is 1.83 bits per heavy atom. The van der Waals surface area contributed by atoms with Crippen LogP contribution in [0.2, 0.25) is 0 Å². The smallest absolute Gasteiger partial charge is 0.0998 e. The lowest BCUT2D eigenvalue weighted by Gasteiger charge is -2.16. The Morgan fingerprint density at radius 1 is 0.571 bits per heavy atom. The zero-order chi connectivity index (χ0) is 28.4. The highest BCUT2D eigenvalue weighted by molar-refractivity contribution is 6.11. The largest absolute Gasteiger partial charge is 0.309 e. The highest BCUT2D eigenvalue weighted by Crippen LogP contribution is 2.39. The maximum absolute atomic E-state index is 10.3. The summed E-state index contributed by atoms with van der Waals surface area (Å²) in [5.74, 6) is 0. The van der Waals surface area contributed by atoms with E-state index >= 15 is 0 Å². The summed E-state index contributed by atoms with van der Waals surface area (Å²) in [4.78, 5) is 4.55. The summed E-state index contributed by atoms with van der Waals surface area (Å²) >= 11 is 0. The molecular formula is C38H26N4. The SMILES string of the molecule is Cc1ccc2c(c1)c1ccccc1n2-c1ccc(C#N)c(-c2cnccc2-n2c3ccccc3c3cc(C)ccc32)c1. The molecule has 0 aliphatic heterocycles. The van der Waals surface area contributed by atoms with Gasteiger partial charge in [0.05, 0.1) is 39.4 Å². The van der Waals surface area contributed by atoms with Crippen LogP contribution in [0.1, 0.15) is 16.7 Å². The molecule has 3 aromatic heterocycles. The van der Waals surface area contributed by atoms with Crippen LogP contribution >= 0.6 is 0 Å². The fourth-order valence-corrected chi connectivity index (χ4v) is 6.49. The van der Waals surface area contributed by atoms with E-state index in [2.05, 4.69) is 131 Å². The zero-order valence-electron chi connectivity index (χ0n) is 23.3. The van der Waals surface area contributed by atoms with Crippen LogP contribution in [0, 0.1) is 25.2 Å². The highest BCUT2D eigenvalue weighted by atomic mass is 15.0. The number of benzene rings is 5. The maximum atomic E-state index is 10.3. The van der Waals surface area contributed by atoms with Crippen LogP contribution in [0.5, 0.6) is 0 Å². The van der Waals surface area contributed by atoms with Gasteiger partial charge in [-0.05, 0) is 74.5 Å². The molecule has 0 radical (unpaired) electrons. The molecule has 198 valence electrons. The van der Waals surface area contributed by atoms with Gasteiger partial charge in [-0.1, -0.05) is 59.7 Å². The molecule has 0 saturated heterocycles. The van der Waals surface area contributed by atoms with Crippen molar-refractivity contribution in [3.8, 4) is 28.6 Å². The van der Waals surface area contributed by atoms with E-state index in [0.29, 0.717) is 5.56 Å². The van der Waals surface area contributed by atoms with Crippen LogP contribution in [0.25, 0.3) is 66.1 Å². The van der Waals surface area contributed by atoms with Crippen molar-refractivity contribution < 1.29 is 0 Å². The molecule has 0 amide bonds. The van der Waals surface area contributed by atoms with Crippen molar-refractivity contribution in [1.29, 1.82) is 5.26 Å². The van der Waals surface area contributed by atoms with Crippen LogP contribution < -0.4 is 0 Å². The minimum atomic E-state index is 0.612. The summed E-state index contributed by atoms with van der Waals surface area (Å²) in [6, 6.07) is 40.9. The Hall–Kier alpha value is -5.66. The van der Waals surface area contributed by atoms with Gasteiger partial charge >= 0.3 is 0 Å². The quantitative estimate of drug-likeness (QED) is 0.225. The maximum Gasteiger partial charge on any atom is 0.0998 e. The predicted octanol–water partition coefficient (Wildman–Crippen LogP) is 9.43. The van der Waals surface area contributed by atoms with Gasteiger partial charge in [0.25, 0.3) is 0 Å².